The molecule has 0 saturated carbocycles. The lowest BCUT2D eigenvalue weighted by atomic mass is 9.82. The fraction of sp³-hybridized carbons (Fsp3) is 0.417. The van der Waals surface area contributed by atoms with E-state index in [0.29, 0.717) is 17.7 Å². The molecule has 0 radical (unpaired) electrons. The van der Waals surface area contributed by atoms with Gasteiger partial charge < -0.3 is 9.47 Å². The Bertz CT molecular complexity index is 447. The molecule has 0 aromatic heterocycles. The van der Waals surface area contributed by atoms with Gasteiger partial charge in [-0.15, -0.1) is 0 Å². The van der Waals surface area contributed by atoms with Gasteiger partial charge in [-0.1, -0.05) is 0 Å². The normalized spacial score (nSPS) is 13.2. The highest BCUT2D eigenvalue weighted by Crippen LogP contribution is 2.43. The van der Waals surface area contributed by atoms with Crippen molar-refractivity contribution in [3.8, 4) is 11.5 Å². The second kappa shape index (κ2) is 3.26. The maximum atomic E-state index is 11.5. The lowest BCUT2D eigenvalue weighted by Gasteiger charge is -2.26. The summed E-state index contributed by atoms with van der Waals surface area (Å²) in [5, 5.41) is 0. The fourth-order valence-electron chi connectivity index (χ4n) is 2.14. The summed E-state index contributed by atoms with van der Waals surface area (Å²) in [5.41, 5.74) is 3.74. The minimum Gasteiger partial charge on any atom is -0.496 e. The highest BCUT2D eigenvalue weighted by molar-refractivity contribution is 6.10. The Morgan fingerprint density at radius 3 is 2.00 bits per heavy atom. The number of hydrogen-bond donors (Lipinski definition) is 0. The van der Waals surface area contributed by atoms with Gasteiger partial charge in [0.15, 0.2) is 5.78 Å². The number of ketones is 1. The SMILES string of the molecule is COc1c(C)c(C)c(OC)c2c1CC2=O. The van der Waals surface area contributed by atoms with E-state index in [-0.39, 0.29) is 5.78 Å². The Labute approximate surface area is 89.0 Å². The Hall–Kier alpha value is -1.51. The van der Waals surface area contributed by atoms with Crippen LogP contribution in [0.5, 0.6) is 11.5 Å². The second-order valence-electron chi connectivity index (χ2n) is 3.77. The van der Waals surface area contributed by atoms with Crippen LogP contribution in [0, 0.1) is 13.8 Å². The van der Waals surface area contributed by atoms with Crippen LogP contribution in [-0.4, -0.2) is 20.0 Å². The Balaban J connectivity index is 2.76. The predicted octanol–water partition coefficient (Wildman–Crippen LogP) is 2.06. The van der Waals surface area contributed by atoms with E-state index in [1.807, 2.05) is 13.8 Å². The molecule has 0 saturated heterocycles. The molecule has 0 spiro atoms. The summed E-state index contributed by atoms with van der Waals surface area (Å²) >= 11 is 0. The average Bonchev–Trinajstić information content (AvgIpc) is 2.22. The molecule has 3 heteroatoms. The fourth-order valence-corrected chi connectivity index (χ4v) is 2.14. The monoisotopic (exact) mass is 206 g/mol. The number of rotatable bonds is 2. The van der Waals surface area contributed by atoms with E-state index in [9.17, 15) is 4.79 Å². The maximum absolute atomic E-state index is 11.5. The summed E-state index contributed by atoms with van der Waals surface area (Å²) in [4.78, 5) is 11.5. The second-order valence-corrected chi connectivity index (χ2v) is 3.77. The van der Waals surface area contributed by atoms with Crippen molar-refractivity contribution in [2.75, 3.05) is 14.2 Å². The Kier molecular flexibility index (Phi) is 2.18. The van der Waals surface area contributed by atoms with Crippen LogP contribution >= 0.6 is 0 Å². The van der Waals surface area contributed by atoms with Crippen molar-refractivity contribution < 1.29 is 14.3 Å². The first-order valence-electron chi connectivity index (χ1n) is 4.89. The van der Waals surface area contributed by atoms with Gasteiger partial charge in [0.05, 0.1) is 19.8 Å². The molecule has 0 unspecified atom stereocenters. The van der Waals surface area contributed by atoms with Crippen LogP contribution in [0.1, 0.15) is 27.0 Å². The van der Waals surface area contributed by atoms with Gasteiger partial charge >= 0.3 is 0 Å². The molecular weight excluding hydrogens is 192 g/mol. The van der Waals surface area contributed by atoms with Gasteiger partial charge in [-0.3, -0.25) is 4.79 Å². The van der Waals surface area contributed by atoms with Crippen molar-refractivity contribution in [1.82, 2.24) is 0 Å². The Morgan fingerprint density at radius 2 is 1.53 bits per heavy atom. The van der Waals surface area contributed by atoms with Crippen LogP contribution in [0.4, 0.5) is 0 Å². The number of methoxy groups -OCH3 is 2. The van der Waals surface area contributed by atoms with Crippen molar-refractivity contribution in [3.63, 3.8) is 0 Å². The predicted molar refractivity (Wildman–Crippen MR) is 57.1 cm³/mol. The van der Waals surface area contributed by atoms with Crippen LogP contribution < -0.4 is 9.47 Å². The zero-order valence-electron chi connectivity index (χ0n) is 9.43. The lowest BCUT2D eigenvalue weighted by molar-refractivity contribution is 0.0961. The van der Waals surface area contributed by atoms with Gasteiger partial charge in [0, 0.05) is 12.0 Å². The molecule has 0 bridgehead atoms. The molecule has 1 aliphatic carbocycles. The molecular formula is C12H14O3. The van der Waals surface area contributed by atoms with E-state index < -0.39 is 0 Å². The quantitative estimate of drug-likeness (QED) is 0.743. The van der Waals surface area contributed by atoms with Gasteiger partial charge in [-0.2, -0.15) is 0 Å². The molecule has 80 valence electrons. The third kappa shape index (κ3) is 1.16. The highest BCUT2D eigenvalue weighted by Gasteiger charge is 2.33. The summed E-state index contributed by atoms with van der Waals surface area (Å²) in [7, 11) is 3.23. The first-order chi connectivity index (χ1) is 7.11. The molecule has 0 atom stereocenters. The van der Waals surface area contributed by atoms with E-state index in [0.717, 1.165) is 22.4 Å². The summed E-state index contributed by atoms with van der Waals surface area (Å²) in [6.07, 6.45) is 0.468. The van der Waals surface area contributed by atoms with Crippen molar-refractivity contribution in [3.05, 3.63) is 22.3 Å². The standard InChI is InChI=1S/C12H14O3/c1-6-7(2)12(15-4)10-8(5-9(10)13)11(6)14-3/h5H2,1-4H3. The minimum absolute atomic E-state index is 0.142. The first kappa shape index (κ1) is 10.0. The molecule has 1 aliphatic rings. The molecule has 0 aliphatic heterocycles. The topological polar surface area (TPSA) is 35.5 Å². The third-order valence-corrected chi connectivity index (χ3v) is 3.07. The zero-order chi connectivity index (χ0) is 11.2. The van der Waals surface area contributed by atoms with Crippen LogP contribution in [0.2, 0.25) is 0 Å². The van der Waals surface area contributed by atoms with Crippen molar-refractivity contribution in [1.29, 1.82) is 0 Å². The summed E-state index contributed by atoms with van der Waals surface area (Å²) in [6.45, 7) is 3.93. The van der Waals surface area contributed by atoms with Crippen molar-refractivity contribution >= 4 is 5.78 Å². The van der Waals surface area contributed by atoms with E-state index in [1.54, 1.807) is 14.2 Å². The number of carbonyl (C=O) groups excluding carboxylic acids is 1. The molecule has 0 N–H and O–H groups in total. The van der Waals surface area contributed by atoms with Gasteiger partial charge in [0.1, 0.15) is 11.5 Å². The first-order valence-corrected chi connectivity index (χ1v) is 4.89. The smallest absolute Gasteiger partial charge is 0.171 e. The molecule has 0 heterocycles. The number of hydrogen-bond acceptors (Lipinski definition) is 3. The number of benzene rings is 1. The maximum Gasteiger partial charge on any atom is 0.171 e. The van der Waals surface area contributed by atoms with Crippen LogP contribution in [0.3, 0.4) is 0 Å². The summed E-state index contributed by atoms with van der Waals surface area (Å²) in [5.74, 6) is 1.69. The molecule has 0 fully saturated rings. The number of ether oxygens (including phenoxy) is 2. The molecule has 1 aromatic rings. The number of carbonyl (C=O) groups is 1. The number of fused-ring (bicyclic) bond motifs is 1. The van der Waals surface area contributed by atoms with E-state index >= 15 is 0 Å². The Morgan fingerprint density at radius 1 is 1.00 bits per heavy atom. The van der Waals surface area contributed by atoms with Crippen LogP contribution in [0.25, 0.3) is 0 Å². The molecule has 1 aromatic carbocycles. The van der Waals surface area contributed by atoms with E-state index in [4.69, 9.17) is 9.47 Å². The van der Waals surface area contributed by atoms with Crippen molar-refractivity contribution in [2.24, 2.45) is 0 Å². The molecule has 3 nitrogen and oxygen atoms in total. The third-order valence-electron chi connectivity index (χ3n) is 3.07. The van der Waals surface area contributed by atoms with Gasteiger partial charge in [-0.25, -0.2) is 0 Å². The number of Topliss-reactive ketones (excluding diaryl/α,β-unsaturated/α-hetero) is 1. The average molecular weight is 206 g/mol. The summed E-state index contributed by atoms with van der Waals surface area (Å²) < 4.78 is 10.6. The van der Waals surface area contributed by atoms with Gasteiger partial charge in [-0.05, 0) is 25.0 Å². The van der Waals surface area contributed by atoms with Crippen LogP contribution in [-0.2, 0) is 6.42 Å². The molecule has 0 amide bonds. The highest BCUT2D eigenvalue weighted by atomic mass is 16.5. The van der Waals surface area contributed by atoms with Gasteiger partial charge in [0.25, 0.3) is 0 Å². The molecule has 2 rings (SSSR count). The summed E-state index contributed by atoms with van der Waals surface area (Å²) in [6, 6.07) is 0. The van der Waals surface area contributed by atoms with Crippen molar-refractivity contribution in [2.45, 2.75) is 20.3 Å². The van der Waals surface area contributed by atoms with E-state index in [1.165, 1.54) is 0 Å². The lowest BCUT2D eigenvalue weighted by Crippen LogP contribution is -2.22. The largest absolute Gasteiger partial charge is 0.496 e. The molecule has 15 heavy (non-hydrogen) atoms. The van der Waals surface area contributed by atoms with Gasteiger partial charge in [0.2, 0.25) is 0 Å². The minimum atomic E-state index is 0.142. The van der Waals surface area contributed by atoms with Crippen LogP contribution in [0.15, 0.2) is 0 Å². The zero-order valence-corrected chi connectivity index (χ0v) is 9.43. The van der Waals surface area contributed by atoms with E-state index in [2.05, 4.69) is 0 Å².